The van der Waals surface area contributed by atoms with Crippen LogP contribution in [-0.4, -0.2) is 55.2 Å². The molecule has 1 heterocycles. The van der Waals surface area contributed by atoms with Gasteiger partial charge in [-0.15, -0.1) is 0 Å². The molecular weight excluding hydrogens is 278 g/mol. The van der Waals surface area contributed by atoms with Gasteiger partial charge >= 0.3 is 5.97 Å². The van der Waals surface area contributed by atoms with Crippen molar-refractivity contribution in [2.75, 3.05) is 31.7 Å². The Kier molecular flexibility index (Phi) is 4.65. The first-order valence-corrected chi connectivity index (χ1v) is 7.51. The zero-order valence-corrected chi connectivity index (χ0v) is 11.9. The number of hydrogen-bond acceptors (Lipinski definition) is 6. The van der Waals surface area contributed by atoms with Gasteiger partial charge in [0.25, 0.3) is 0 Å². The van der Waals surface area contributed by atoms with Crippen molar-refractivity contribution in [3.8, 4) is 0 Å². The summed E-state index contributed by atoms with van der Waals surface area (Å²) in [4.78, 5) is 15.0. The number of rotatable bonds is 6. The van der Waals surface area contributed by atoms with Crippen molar-refractivity contribution >= 4 is 32.5 Å². The minimum atomic E-state index is -3.26. The lowest BCUT2D eigenvalue weighted by atomic mass is 10.4. The van der Waals surface area contributed by atoms with Gasteiger partial charge in [0.2, 0.25) is 10.0 Å². The molecular formula is C9H15N3O4S2. The summed E-state index contributed by atoms with van der Waals surface area (Å²) in [7, 11) is -0.329. The maximum atomic E-state index is 11.5. The van der Waals surface area contributed by atoms with Crippen LogP contribution in [0.15, 0.2) is 0 Å². The van der Waals surface area contributed by atoms with Gasteiger partial charge in [0.05, 0.1) is 11.4 Å². The molecule has 0 amide bonds. The predicted octanol–water partition coefficient (Wildman–Crippen LogP) is 0.453. The summed E-state index contributed by atoms with van der Waals surface area (Å²) in [5, 5.41) is 12.1. The highest BCUT2D eigenvalue weighted by atomic mass is 32.2. The van der Waals surface area contributed by atoms with Crippen molar-refractivity contribution in [2.45, 2.75) is 6.92 Å². The van der Waals surface area contributed by atoms with Crippen molar-refractivity contribution in [1.82, 2.24) is 9.29 Å². The Balaban J connectivity index is 2.60. The van der Waals surface area contributed by atoms with Gasteiger partial charge in [-0.3, -0.25) is 0 Å². The lowest BCUT2D eigenvalue weighted by molar-refractivity contribution is 0.0701. The Morgan fingerprint density at radius 1 is 1.50 bits per heavy atom. The number of hydrogen-bond donors (Lipinski definition) is 2. The fourth-order valence-corrected chi connectivity index (χ4v) is 2.70. The Labute approximate surface area is 110 Å². The first-order chi connectivity index (χ1) is 8.24. The number of aromatic carboxylic acids is 1. The van der Waals surface area contributed by atoms with E-state index in [0.717, 1.165) is 15.6 Å². The van der Waals surface area contributed by atoms with Gasteiger partial charge in [-0.25, -0.2) is 22.5 Å². The second-order valence-electron chi connectivity index (χ2n) is 3.76. The van der Waals surface area contributed by atoms with Crippen LogP contribution in [0.2, 0.25) is 0 Å². The number of carboxylic acids is 1. The number of nitrogens with zero attached hydrogens (tertiary/aromatic N) is 2. The molecule has 0 saturated heterocycles. The molecule has 0 bridgehead atoms. The Morgan fingerprint density at radius 2 is 2.11 bits per heavy atom. The fourth-order valence-electron chi connectivity index (χ4n) is 1.14. The molecule has 9 heteroatoms. The first kappa shape index (κ1) is 14.9. The van der Waals surface area contributed by atoms with Crippen molar-refractivity contribution in [2.24, 2.45) is 0 Å². The maximum absolute atomic E-state index is 11.5. The molecule has 0 unspecified atom stereocenters. The minimum absolute atomic E-state index is 0.0684. The highest BCUT2D eigenvalue weighted by Gasteiger charge is 2.16. The molecule has 0 aliphatic rings. The number of nitrogens with one attached hydrogen (secondary N) is 1. The molecule has 0 aliphatic heterocycles. The molecule has 1 rings (SSSR count). The summed E-state index contributed by atoms with van der Waals surface area (Å²) < 4.78 is 24.1. The van der Waals surface area contributed by atoms with Crippen molar-refractivity contribution in [1.29, 1.82) is 0 Å². The van der Waals surface area contributed by atoms with Crippen LogP contribution in [0.4, 0.5) is 5.13 Å². The molecule has 0 aromatic carbocycles. The molecule has 2 N–H and O–H groups in total. The number of carbonyl (C=O) groups is 1. The SMILES string of the molecule is Cc1nc(NCCS(=O)(=O)N(C)C)sc1C(=O)O. The summed E-state index contributed by atoms with van der Waals surface area (Å²) in [6.45, 7) is 1.79. The van der Waals surface area contributed by atoms with Gasteiger partial charge in [0.1, 0.15) is 4.88 Å². The van der Waals surface area contributed by atoms with Gasteiger partial charge in [0.15, 0.2) is 5.13 Å². The predicted molar refractivity (Wildman–Crippen MR) is 69.8 cm³/mol. The van der Waals surface area contributed by atoms with Crippen molar-refractivity contribution < 1.29 is 18.3 Å². The smallest absolute Gasteiger partial charge is 0.347 e. The monoisotopic (exact) mass is 293 g/mol. The number of aryl methyl sites for hydroxylation is 1. The average molecular weight is 293 g/mol. The standard InChI is InChI=1S/C9H15N3O4S2/c1-6-7(8(13)14)17-9(11-6)10-4-5-18(15,16)12(2)3/h4-5H2,1-3H3,(H,10,11)(H,13,14). The number of thiazole rings is 1. The van der Waals surface area contributed by atoms with Crippen LogP contribution >= 0.6 is 11.3 Å². The second-order valence-corrected chi connectivity index (χ2v) is 7.07. The Morgan fingerprint density at radius 3 is 2.56 bits per heavy atom. The van der Waals surface area contributed by atoms with Crippen LogP contribution in [0.25, 0.3) is 0 Å². The lowest BCUT2D eigenvalue weighted by Crippen LogP contribution is -2.28. The summed E-state index contributed by atoms with van der Waals surface area (Å²) >= 11 is 0.996. The minimum Gasteiger partial charge on any atom is -0.477 e. The van der Waals surface area contributed by atoms with Crippen molar-refractivity contribution in [3.63, 3.8) is 0 Å². The Hall–Kier alpha value is -1.19. The zero-order chi connectivity index (χ0) is 13.9. The summed E-state index contributed by atoms with van der Waals surface area (Å²) in [5.41, 5.74) is 0.422. The third kappa shape index (κ3) is 3.65. The zero-order valence-electron chi connectivity index (χ0n) is 10.3. The van der Waals surface area contributed by atoms with Crippen LogP contribution in [0.5, 0.6) is 0 Å². The molecule has 0 fully saturated rings. The Bertz CT molecular complexity index is 536. The largest absolute Gasteiger partial charge is 0.477 e. The number of aromatic nitrogens is 1. The highest BCUT2D eigenvalue weighted by Crippen LogP contribution is 2.22. The van der Waals surface area contributed by atoms with E-state index < -0.39 is 16.0 Å². The normalized spacial score (nSPS) is 11.8. The molecule has 1 aromatic heterocycles. The third-order valence-corrected chi connectivity index (χ3v) is 5.12. The topological polar surface area (TPSA) is 99.6 Å². The van der Waals surface area contributed by atoms with Crippen molar-refractivity contribution in [3.05, 3.63) is 10.6 Å². The average Bonchev–Trinajstić information content (AvgIpc) is 2.59. The van der Waals surface area contributed by atoms with E-state index in [9.17, 15) is 13.2 Å². The van der Waals surface area contributed by atoms with Crippen LogP contribution in [0, 0.1) is 6.92 Å². The van der Waals surface area contributed by atoms with Crippen LogP contribution < -0.4 is 5.32 Å². The molecule has 102 valence electrons. The quantitative estimate of drug-likeness (QED) is 0.790. The van der Waals surface area contributed by atoms with Crippen LogP contribution in [0.3, 0.4) is 0 Å². The second kappa shape index (κ2) is 5.63. The molecule has 0 radical (unpaired) electrons. The van der Waals surface area contributed by atoms with E-state index in [1.807, 2.05) is 0 Å². The maximum Gasteiger partial charge on any atom is 0.347 e. The number of carboxylic acid groups (broad SMARTS) is 1. The van der Waals surface area contributed by atoms with Crippen LogP contribution in [0.1, 0.15) is 15.4 Å². The summed E-state index contributed by atoms with van der Waals surface area (Å²) in [6.07, 6.45) is 0. The molecule has 0 atom stereocenters. The van der Waals surface area contributed by atoms with Gasteiger partial charge in [-0.1, -0.05) is 11.3 Å². The molecule has 18 heavy (non-hydrogen) atoms. The van der Waals surface area contributed by atoms with E-state index in [1.54, 1.807) is 6.92 Å². The van der Waals surface area contributed by atoms with E-state index in [4.69, 9.17) is 5.11 Å². The fraction of sp³-hybridized carbons (Fsp3) is 0.556. The number of sulfonamides is 1. The molecule has 0 spiro atoms. The molecule has 0 saturated carbocycles. The van der Waals surface area contributed by atoms with Crippen LogP contribution in [-0.2, 0) is 10.0 Å². The van der Waals surface area contributed by atoms with E-state index in [0.29, 0.717) is 10.8 Å². The molecule has 1 aromatic rings. The van der Waals surface area contributed by atoms with Gasteiger partial charge in [0, 0.05) is 20.6 Å². The van der Waals surface area contributed by atoms with E-state index in [2.05, 4.69) is 10.3 Å². The highest BCUT2D eigenvalue weighted by molar-refractivity contribution is 7.89. The molecule has 0 aliphatic carbocycles. The van der Waals surface area contributed by atoms with Gasteiger partial charge in [-0.2, -0.15) is 0 Å². The summed E-state index contributed by atoms with van der Waals surface area (Å²) in [6, 6.07) is 0. The van der Waals surface area contributed by atoms with E-state index in [-0.39, 0.29) is 17.2 Å². The number of anilines is 1. The third-order valence-electron chi connectivity index (χ3n) is 2.18. The summed E-state index contributed by atoms with van der Waals surface area (Å²) in [5.74, 6) is -1.10. The lowest BCUT2D eigenvalue weighted by Gasteiger charge is -2.10. The molecule has 7 nitrogen and oxygen atoms in total. The van der Waals surface area contributed by atoms with E-state index in [1.165, 1.54) is 14.1 Å². The van der Waals surface area contributed by atoms with Gasteiger partial charge in [-0.05, 0) is 6.92 Å². The van der Waals surface area contributed by atoms with Gasteiger partial charge < -0.3 is 10.4 Å². The first-order valence-electron chi connectivity index (χ1n) is 5.09. The van der Waals surface area contributed by atoms with E-state index >= 15 is 0 Å².